The van der Waals surface area contributed by atoms with Gasteiger partial charge in [-0.3, -0.25) is 14.6 Å². The van der Waals surface area contributed by atoms with Crippen LogP contribution in [0.1, 0.15) is 22.0 Å². The summed E-state index contributed by atoms with van der Waals surface area (Å²) in [6.45, 7) is 3.37. The van der Waals surface area contributed by atoms with Gasteiger partial charge in [-0.05, 0) is 18.6 Å². The van der Waals surface area contributed by atoms with Crippen molar-refractivity contribution in [3.63, 3.8) is 0 Å². The average Bonchev–Trinajstić information content (AvgIpc) is 3.15. The molecule has 8 heteroatoms. The first-order valence-electron chi connectivity index (χ1n) is 7.85. The summed E-state index contributed by atoms with van der Waals surface area (Å²) in [5, 5.41) is 12.7. The van der Waals surface area contributed by atoms with Crippen LogP contribution in [0.4, 0.5) is 0 Å². The van der Waals surface area contributed by atoms with Crippen molar-refractivity contribution in [1.29, 1.82) is 0 Å². The molecule has 0 aliphatic carbocycles. The normalized spacial score (nSPS) is 17.3. The third-order valence-electron chi connectivity index (χ3n) is 3.89. The van der Waals surface area contributed by atoms with Crippen molar-refractivity contribution in [2.75, 3.05) is 13.1 Å². The molecule has 1 aliphatic rings. The number of hydrogen-bond acceptors (Lipinski definition) is 6. The van der Waals surface area contributed by atoms with E-state index in [0.29, 0.717) is 26.1 Å². The largest absolute Gasteiger partial charge is 0.355 e. The van der Waals surface area contributed by atoms with Crippen LogP contribution >= 0.6 is 11.3 Å². The van der Waals surface area contributed by atoms with Crippen LogP contribution in [0.25, 0.3) is 0 Å². The molecular formula is C16H19N5O2S. The van der Waals surface area contributed by atoms with Gasteiger partial charge in [0, 0.05) is 44.9 Å². The van der Waals surface area contributed by atoms with Crippen molar-refractivity contribution in [3.05, 3.63) is 40.1 Å². The standard InChI is InChI=1S/C16H19N5O2S/c1-11-19-20-14(24-11)4-6-18-16(23)13-7-15(22)21(10-13)9-12-3-2-5-17-8-12/h2-3,5,8,13H,4,6-7,9-10H2,1H3,(H,18,23)/t13-/m0/s1. The average molecular weight is 345 g/mol. The van der Waals surface area contributed by atoms with Crippen LogP contribution in [-0.4, -0.2) is 45.0 Å². The SMILES string of the molecule is Cc1nnc(CCNC(=O)[C@H]2CC(=O)N(Cc3cccnc3)C2)s1. The lowest BCUT2D eigenvalue weighted by Crippen LogP contribution is -2.34. The molecule has 2 aromatic rings. The van der Waals surface area contributed by atoms with Gasteiger partial charge >= 0.3 is 0 Å². The number of likely N-dealkylation sites (tertiary alicyclic amines) is 1. The summed E-state index contributed by atoms with van der Waals surface area (Å²) in [5.41, 5.74) is 0.971. The third-order valence-corrected chi connectivity index (χ3v) is 4.79. The van der Waals surface area contributed by atoms with Crippen LogP contribution in [0, 0.1) is 12.8 Å². The third kappa shape index (κ3) is 4.14. The minimum absolute atomic E-state index is 0.0127. The number of rotatable bonds is 6. The predicted molar refractivity (Wildman–Crippen MR) is 89.1 cm³/mol. The smallest absolute Gasteiger partial charge is 0.225 e. The maximum Gasteiger partial charge on any atom is 0.225 e. The number of nitrogens with one attached hydrogen (secondary N) is 1. The van der Waals surface area contributed by atoms with Crippen LogP contribution in [0.5, 0.6) is 0 Å². The number of amides is 2. The number of carbonyl (C=O) groups is 2. The molecule has 2 aromatic heterocycles. The second kappa shape index (κ2) is 7.48. The molecule has 1 fully saturated rings. The molecule has 3 rings (SSSR count). The molecule has 7 nitrogen and oxygen atoms in total. The van der Waals surface area contributed by atoms with E-state index < -0.39 is 0 Å². The second-order valence-corrected chi connectivity index (χ2v) is 7.06. The van der Waals surface area contributed by atoms with Gasteiger partial charge in [0.25, 0.3) is 0 Å². The van der Waals surface area contributed by atoms with Crippen molar-refractivity contribution < 1.29 is 9.59 Å². The van der Waals surface area contributed by atoms with Gasteiger partial charge in [0.2, 0.25) is 11.8 Å². The minimum Gasteiger partial charge on any atom is -0.355 e. The van der Waals surface area contributed by atoms with E-state index in [4.69, 9.17) is 0 Å². The van der Waals surface area contributed by atoms with Crippen LogP contribution in [-0.2, 0) is 22.6 Å². The van der Waals surface area contributed by atoms with Crippen molar-refractivity contribution in [1.82, 2.24) is 25.4 Å². The molecule has 0 radical (unpaired) electrons. The lowest BCUT2D eigenvalue weighted by atomic mass is 10.1. The van der Waals surface area contributed by atoms with Crippen molar-refractivity contribution >= 4 is 23.2 Å². The Morgan fingerprint density at radius 3 is 3.04 bits per heavy atom. The topological polar surface area (TPSA) is 88.1 Å². The van der Waals surface area contributed by atoms with Crippen molar-refractivity contribution in [3.8, 4) is 0 Å². The first-order chi connectivity index (χ1) is 11.6. The van der Waals surface area contributed by atoms with Crippen LogP contribution in [0.15, 0.2) is 24.5 Å². The Bertz CT molecular complexity index is 718. The van der Waals surface area contributed by atoms with E-state index in [9.17, 15) is 9.59 Å². The summed E-state index contributed by atoms with van der Waals surface area (Å²) < 4.78 is 0. The van der Waals surface area contributed by atoms with E-state index in [0.717, 1.165) is 15.6 Å². The van der Waals surface area contributed by atoms with Crippen LogP contribution in [0.2, 0.25) is 0 Å². The predicted octanol–water partition coefficient (Wildman–Crippen LogP) is 0.949. The highest BCUT2D eigenvalue weighted by atomic mass is 32.1. The molecule has 1 saturated heterocycles. The van der Waals surface area contributed by atoms with Gasteiger partial charge in [-0.15, -0.1) is 21.5 Å². The summed E-state index contributed by atoms with van der Waals surface area (Å²) in [6.07, 6.45) is 4.37. The van der Waals surface area contributed by atoms with E-state index in [1.54, 1.807) is 17.3 Å². The van der Waals surface area contributed by atoms with Gasteiger partial charge in [0.05, 0.1) is 5.92 Å². The highest BCUT2D eigenvalue weighted by Crippen LogP contribution is 2.20. The number of aryl methyl sites for hydroxylation is 1. The molecule has 2 amide bonds. The van der Waals surface area contributed by atoms with E-state index in [1.807, 2.05) is 19.1 Å². The molecule has 126 valence electrons. The summed E-state index contributed by atoms with van der Waals surface area (Å²) in [5.74, 6) is -0.345. The summed E-state index contributed by atoms with van der Waals surface area (Å²) in [4.78, 5) is 30.1. The first kappa shape index (κ1) is 16.5. The molecule has 0 spiro atoms. The quantitative estimate of drug-likeness (QED) is 0.842. The monoisotopic (exact) mass is 345 g/mol. The fourth-order valence-electron chi connectivity index (χ4n) is 2.69. The molecule has 0 unspecified atom stereocenters. The Hall–Kier alpha value is -2.35. The maximum absolute atomic E-state index is 12.2. The summed E-state index contributed by atoms with van der Waals surface area (Å²) in [7, 11) is 0. The molecule has 0 aromatic carbocycles. The number of aromatic nitrogens is 3. The highest BCUT2D eigenvalue weighted by Gasteiger charge is 2.34. The van der Waals surface area contributed by atoms with Gasteiger partial charge in [-0.2, -0.15) is 0 Å². The molecular weight excluding hydrogens is 326 g/mol. The Morgan fingerprint density at radius 1 is 1.46 bits per heavy atom. The molecule has 1 atom stereocenters. The van der Waals surface area contributed by atoms with Crippen molar-refractivity contribution in [2.24, 2.45) is 5.92 Å². The summed E-state index contributed by atoms with van der Waals surface area (Å²) >= 11 is 1.53. The zero-order chi connectivity index (χ0) is 16.9. The number of hydrogen-bond donors (Lipinski definition) is 1. The van der Waals surface area contributed by atoms with Gasteiger partial charge in [0.1, 0.15) is 10.0 Å². The van der Waals surface area contributed by atoms with Crippen LogP contribution < -0.4 is 5.32 Å². The van der Waals surface area contributed by atoms with Gasteiger partial charge in [-0.25, -0.2) is 0 Å². The number of pyridine rings is 1. The Kier molecular flexibility index (Phi) is 5.14. The first-order valence-corrected chi connectivity index (χ1v) is 8.67. The van der Waals surface area contributed by atoms with E-state index in [2.05, 4.69) is 20.5 Å². The van der Waals surface area contributed by atoms with E-state index >= 15 is 0 Å². The minimum atomic E-state index is -0.287. The van der Waals surface area contributed by atoms with Crippen molar-refractivity contribution in [2.45, 2.75) is 26.3 Å². The fourth-order valence-corrected chi connectivity index (χ4v) is 3.40. The highest BCUT2D eigenvalue weighted by molar-refractivity contribution is 7.11. The summed E-state index contributed by atoms with van der Waals surface area (Å²) in [6, 6.07) is 3.77. The second-order valence-electron chi connectivity index (χ2n) is 5.79. The zero-order valence-corrected chi connectivity index (χ0v) is 14.3. The van der Waals surface area contributed by atoms with Gasteiger partial charge in [0.15, 0.2) is 0 Å². The van der Waals surface area contributed by atoms with Gasteiger partial charge in [-0.1, -0.05) is 6.07 Å². The molecule has 3 heterocycles. The van der Waals surface area contributed by atoms with Gasteiger partial charge < -0.3 is 10.2 Å². The molecule has 24 heavy (non-hydrogen) atoms. The zero-order valence-electron chi connectivity index (χ0n) is 13.4. The molecule has 1 N–H and O–H groups in total. The maximum atomic E-state index is 12.2. The molecule has 1 aliphatic heterocycles. The number of nitrogens with zero attached hydrogens (tertiary/aromatic N) is 4. The van der Waals surface area contributed by atoms with Crippen LogP contribution in [0.3, 0.4) is 0 Å². The number of carbonyl (C=O) groups excluding carboxylic acids is 2. The Labute approximate surface area is 144 Å². The molecule has 0 saturated carbocycles. The Balaban J connectivity index is 1.47. The fraction of sp³-hybridized carbons (Fsp3) is 0.438. The lowest BCUT2D eigenvalue weighted by Gasteiger charge is -2.16. The Morgan fingerprint density at radius 2 is 2.33 bits per heavy atom. The molecule has 0 bridgehead atoms. The lowest BCUT2D eigenvalue weighted by molar-refractivity contribution is -0.129. The van der Waals surface area contributed by atoms with E-state index in [1.165, 1.54) is 11.3 Å². The van der Waals surface area contributed by atoms with E-state index in [-0.39, 0.29) is 24.2 Å².